The van der Waals surface area contributed by atoms with Crippen molar-refractivity contribution in [3.63, 3.8) is 0 Å². The number of anilines is 1. The third kappa shape index (κ3) is 8.61. The first-order valence-corrected chi connectivity index (χ1v) is 16.1. The van der Waals surface area contributed by atoms with Crippen LogP contribution in [0.25, 0.3) is 0 Å². The van der Waals surface area contributed by atoms with Gasteiger partial charge >= 0.3 is 0 Å². The van der Waals surface area contributed by atoms with Crippen molar-refractivity contribution >= 4 is 62.3 Å². The van der Waals surface area contributed by atoms with Crippen LogP contribution in [0.5, 0.6) is 0 Å². The lowest BCUT2D eigenvalue weighted by Gasteiger charge is -2.34. The number of amides is 2. The van der Waals surface area contributed by atoms with Crippen LogP contribution in [-0.2, 0) is 32.6 Å². The van der Waals surface area contributed by atoms with Gasteiger partial charge in [0.15, 0.2) is 0 Å². The molecule has 0 saturated carbocycles. The third-order valence-corrected chi connectivity index (χ3v) is 9.09. The maximum Gasteiger partial charge on any atom is 0.244 e. The molecule has 41 heavy (non-hydrogen) atoms. The molecule has 0 aliphatic heterocycles. The van der Waals surface area contributed by atoms with E-state index >= 15 is 0 Å². The molecule has 0 spiro atoms. The molecule has 0 saturated heterocycles. The van der Waals surface area contributed by atoms with Crippen LogP contribution >= 0.6 is 34.8 Å². The number of hydrogen-bond donors (Lipinski definition) is 1. The van der Waals surface area contributed by atoms with Crippen LogP contribution in [0.15, 0.2) is 66.7 Å². The summed E-state index contributed by atoms with van der Waals surface area (Å²) in [6.45, 7) is 4.82. The topological polar surface area (TPSA) is 86.8 Å². The monoisotopic (exact) mass is 637 g/mol. The summed E-state index contributed by atoms with van der Waals surface area (Å²) < 4.78 is 27.0. The second-order valence-electron chi connectivity index (χ2n) is 9.90. The van der Waals surface area contributed by atoms with Gasteiger partial charge in [-0.25, -0.2) is 8.42 Å². The van der Waals surface area contributed by atoms with E-state index in [2.05, 4.69) is 5.32 Å². The SMILES string of the molecule is CC[C@@H](C)NC(=O)[C@@H](Cc1ccccc1)N(Cc1c(Cl)cccc1Cl)C(=O)CN(c1cccc(Cl)c1C)S(C)(=O)=O. The first kappa shape index (κ1) is 32.7. The van der Waals surface area contributed by atoms with Gasteiger partial charge in [0.1, 0.15) is 12.6 Å². The molecule has 11 heteroatoms. The van der Waals surface area contributed by atoms with E-state index < -0.39 is 28.5 Å². The van der Waals surface area contributed by atoms with E-state index in [9.17, 15) is 18.0 Å². The summed E-state index contributed by atoms with van der Waals surface area (Å²) in [7, 11) is -3.93. The first-order valence-electron chi connectivity index (χ1n) is 13.1. The number of hydrogen-bond acceptors (Lipinski definition) is 4. The second kappa shape index (κ2) is 14.4. The van der Waals surface area contributed by atoms with Crippen molar-refractivity contribution in [3.8, 4) is 0 Å². The molecule has 0 aliphatic rings. The minimum Gasteiger partial charge on any atom is -0.352 e. The highest BCUT2D eigenvalue weighted by atomic mass is 35.5. The van der Waals surface area contributed by atoms with E-state index in [4.69, 9.17) is 34.8 Å². The summed E-state index contributed by atoms with van der Waals surface area (Å²) in [6, 6.07) is 18.0. The minimum absolute atomic E-state index is 0.116. The van der Waals surface area contributed by atoms with Crippen molar-refractivity contribution in [2.75, 3.05) is 17.1 Å². The molecule has 3 rings (SSSR count). The molecule has 2 atom stereocenters. The van der Waals surface area contributed by atoms with Crippen LogP contribution in [0, 0.1) is 6.92 Å². The molecule has 220 valence electrons. The molecule has 0 aliphatic carbocycles. The van der Waals surface area contributed by atoms with E-state index in [1.54, 1.807) is 43.3 Å². The summed E-state index contributed by atoms with van der Waals surface area (Å²) in [5.41, 5.74) is 2.05. The van der Waals surface area contributed by atoms with E-state index in [0.717, 1.165) is 16.1 Å². The zero-order valence-electron chi connectivity index (χ0n) is 23.4. The predicted octanol–water partition coefficient (Wildman–Crippen LogP) is 6.28. The van der Waals surface area contributed by atoms with Crippen LogP contribution in [0.1, 0.15) is 37.0 Å². The van der Waals surface area contributed by atoms with Gasteiger partial charge in [0.2, 0.25) is 21.8 Å². The Hall–Kier alpha value is -2.78. The van der Waals surface area contributed by atoms with E-state index in [1.165, 1.54) is 4.90 Å². The number of carbonyl (C=O) groups excluding carboxylic acids is 2. The van der Waals surface area contributed by atoms with Gasteiger partial charge in [0, 0.05) is 39.6 Å². The summed E-state index contributed by atoms with van der Waals surface area (Å²) in [4.78, 5) is 29.3. The van der Waals surface area contributed by atoms with E-state index in [1.807, 2.05) is 44.2 Å². The van der Waals surface area contributed by atoms with Gasteiger partial charge in [0.25, 0.3) is 0 Å². The molecule has 7 nitrogen and oxygen atoms in total. The number of rotatable bonds is 12. The number of sulfonamides is 1. The standard InChI is InChI=1S/C30H34Cl3N3O4S/c1-5-20(2)34-30(38)28(17-22-11-7-6-8-12-22)35(18-23-25(32)14-9-15-26(23)33)29(37)19-36(41(4,39)40)27-16-10-13-24(31)21(27)3/h6-16,20,28H,5,17-19H2,1-4H3,(H,34,38)/t20-,28-/m1/s1. The van der Waals surface area contributed by atoms with Crippen molar-refractivity contribution in [3.05, 3.63) is 98.5 Å². The molecular weight excluding hydrogens is 605 g/mol. The lowest BCUT2D eigenvalue weighted by Crippen LogP contribution is -2.54. The Kier molecular flexibility index (Phi) is 11.5. The van der Waals surface area contributed by atoms with Gasteiger partial charge in [-0.05, 0) is 55.7 Å². The average molecular weight is 639 g/mol. The Morgan fingerprint density at radius 3 is 2.07 bits per heavy atom. The molecule has 3 aromatic rings. The minimum atomic E-state index is -3.93. The summed E-state index contributed by atoms with van der Waals surface area (Å²) in [5, 5.41) is 3.99. The highest BCUT2D eigenvalue weighted by Crippen LogP contribution is 2.30. The predicted molar refractivity (Wildman–Crippen MR) is 167 cm³/mol. The Balaban J connectivity index is 2.13. The second-order valence-corrected chi connectivity index (χ2v) is 13.0. The lowest BCUT2D eigenvalue weighted by molar-refractivity contribution is -0.140. The largest absolute Gasteiger partial charge is 0.352 e. The lowest BCUT2D eigenvalue weighted by atomic mass is 10.0. The molecule has 0 heterocycles. The quantitative estimate of drug-likeness (QED) is 0.253. The van der Waals surface area contributed by atoms with Gasteiger partial charge in [-0.15, -0.1) is 0 Å². The fourth-order valence-corrected chi connectivity index (χ4v) is 5.90. The normalized spacial score (nSPS) is 12.9. The van der Waals surface area contributed by atoms with E-state index in [-0.39, 0.29) is 30.6 Å². The molecule has 0 bridgehead atoms. The van der Waals surface area contributed by atoms with Gasteiger partial charge < -0.3 is 10.2 Å². The van der Waals surface area contributed by atoms with Crippen LogP contribution in [0.3, 0.4) is 0 Å². The molecule has 0 fully saturated rings. The van der Waals surface area contributed by atoms with Crippen LogP contribution in [0.2, 0.25) is 15.1 Å². The fourth-order valence-electron chi connectivity index (χ4n) is 4.31. The van der Waals surface area contributed by atoms with Crippen LogP contribution < -0.4 is 9.62 Å². The van der Waals surface area contributed by atoms with Crippen molar-refractivity contribution in [1.29, 1.82) is 0 Å². The Labute approximate surface area is 257 Å². The Morgan fingerprint density at radius 2 is 1.49 bits per heavy atom. The summed E-state index contributed by atoms with van der Waals surface area (Å²) >= 11 is 19.3. The maximum absolute atomic E-state index is 14.2. The van der Waals surface area contributed by atoms with Gasteiger partial charge in [0.05, 0.1) is 11.9 Å². The van der Waals surface area contributed by atoms with Crippen LogP contribution in [-0.4, -0.2) is 50.0 Å². The van der Waals surface area contributed by atoms with Crippen molar-refractivity contribution < 1.29 is 18.0 Å². The first-order chi connectivity index (χ1) is 19.3. The maximum atomic E-state index is 14.2. The summed E-state index contributed by atoms with van der Waals surface area (Å²) in [6.07, 6.45) is 1.89. The van der Waals surface area contributed by atoms with Crippen molar-refractivity contribution in [2.45, 2.75) is 52.2 Å². The molecule has 0 aromatic heterocycles. The zero-order valence-corrected chi connectivity index (χ0v) is 26.5. The molecule has 1 N–H and O–H groups in total. The zero-order chi connectivity index (χ0) is 30.3. The smallest absolute Gasteiger partial charge is 0.244 e. The molecule has 0 unspecified atom stereocenters. The Bertz CT molecular complexity index is 1470. The van der Waals surface area contributed by atoms with Crippen molar-refractivity contribution in [2.24, 2.45) is 0 Å². The van der Waals surface area contributed by atoms with Gasteiger partial charge in [-0.2, -0.15) is 0 Å². The fraction of sp³-hybridized carbons (Fsp3) is 0.333. The third-order valence-electron chi connectivity index (χ3n) is 6.85. The van der Waals surface area contributed by atoms with Crippen molar-refractivity contribution in [1.82, 2.24) is 10.2 Å². The molecule has 3 aromatic carbocycles. The number of nitrogens with one attached hydrogen (secondary N) is 1. The molecule has 2 amide bonds. The summed E-state index contributed by atoms with van der Waals surface area (Å²) in [5.74, 6) is -0.976. The number of halogens is 3. The molecular formula is C30H34Cl3N3O4S. The Morgan fingerprint density at radius 1 is 0.902 bits per heavy atom. The number of nitrogens with zero attached hydrogens (tertiary/aromatic N) is 2. The number of benzene rings is 3. The van der Waals surface area contributed by atoms with Gasteiger partial charge in [-0.3, -0.25) is 13.9 Å². The van der Waals surface area contributed by atoms with Crippen LogP contribution in [0.4, 0.5) is 5.69 Å². The highest BCUT2D eigenvalue weighted by molar-refractivity contribution is 7.92. The van der Waals surface area contributed by atoms with E-state index in [0.29, 0.717) is 32.6 Å². The molecule has 0 radical (unpaired) electrons. The highest BCUT2D eigenvalue weighted by Gasteiger charge is 2.34. The average Bonchev–Trinajstić information content (AvgIpc) is 2.92. The number of carbonyl (C=O) groups is 2. The van der Waals surface area contributed by atoms with Gasteiger partial charge in [-0.1, -0.05) is 84.2 Å².